The van der Waals surface area contributed by atoms with Crippen LogP contribution in [-0.2, 0) is 14.5 Å². The number of aliphatic hydroxyl groups is 1. The molecule has 1 heterocycles. The molecule has 14 heavy (non-hydrogen) atoms. The van der Waals surface area contributed by atoms with E-state index in [1.54, 1.807) is 0 Å². The predicted molar refractivity (Wildman–Crippen MR) is 46.4 cm³/mol. The first-order valence-corrected chi connectivity index (χ1v) is 5.31. The maximum Gasteiger partial charge on any atom is 0.421 e. The van der Waals surface area contributed by atoms with Crippen LogP contribution < -0.4 is 5.73 Å². The highest BCUT2D eigenvalue weighted by atomic mass is 32.2. The van der Waals surface area contributed by atoms with Crippen molar-refractivity contribution in [3.05, 3.63) is 0 Å². The van der Waals surface area contributed by atoms with Crippen LogP contribution in [0.5, 0.6) is 0 Å². The van der Waals surface area contributed by atoms with E-state index in [1.807, 2.05) is 0 Å². The van der Waals surface area contributed by atoms with E-state index in [-0.39, 0.29) is 13.1 Å². The minimum Gasteiger partial charge on any atom is -0.389 e. The van der Waals surface area contributed by atoms with Gasteiger partial charge < -0.3 is 15.0 Å². The number of nitrogens with two attached hydrogens (primary N) is 1. The Morgan fingerprint density at radius 1 is 1.64 bits per heavy atom. The van der Waals surface area contributed by atoms with Crippen molar-refractivity contribution in [2.75, 3.05) is 13.1 Å². The van der Waals surface area contributed by atoms with E-state index in [0.717, 1.165) is 4.31 Å². The summed E-state index contributed by atoms with van der Waals surface area (Å²) in [5, 5.41) is 9.48. The summed E-state index contributed by atoms with van der Waals surface area (Å²) < 4.78 is 27.3. The Bertz CT molecular complexity index is 336. The molecule has 3 N–H and O–H groups in total. The molecule has 1 aliphatic rings. The van der Waals surface area contributed by atoms with Crippen molar-refractivity contribution in [1.82, 2.24) is 4.31 Å². The fraction of sp³-hybridized carbons (Fsp3) is 0.833. The number of amides is 1. The van der Waals surface area contributed by atoms with E-state index in [0.29, 0.717) is 6.42 Å². The van der Waals surface area contributed by atoms with Crippen LogP contribution in [0.15, 0.2) is 0 Å². The highest BCUT2D eigenvalue weighted by molar-refractivity contribution is 7.84. The molecule has 1 saturated heterocycles. The molecule has 0 aliphatic carbocycles. The molecule has 0 spiro atoms. The van der Waals surface area contributed by atoms with Crippen molar-refractivity contribution < 1.29 is 22.5 Å². The lowest BCUT2D eigenvalue weighted by atomic mass is 10.1. The first kappa shape index (κ1) is 11.2. The SMILES string of the molecule is CC1(O)CCN(S(=O)(=O)OC(N)=O)C1. The average Bonchev–Trinajstić information content (AvgIpc) is 2.27. The standard InChI is InChI=1S/C6H12N2O5S/c1-6(10)2-3-8(4-6)14(11,12)13-5(7)9/h10H,2-4H2,1H3,(H2,7,9). The summed E-state index contributed by atoms with van der Waals surface area (Å²) in [7, 11) is -4.13. The van der Waals surface area contributed by atoms with Gasteiger partial charge in [0.2, 0.25) is 0 Å². The van der Waals surface area contributed by atoms with Crippen LogP contribution in [0.2, 0.25) is 0 Å². The Hall–Kier alpha value is -0.860. The number of carbonyl (C=O) groups excluding carboxylic acids is 1. The second kappa shape index (κ2) is 3.37. The first-order chi connectivity index (χ1) is 6.23. The van der Waals surface area contributed by atoms with E-state index in [1.165, 1.54) is 6.92 Å². The number of nitrogens with zero attached hydrogens (tertiary/aromatic N) is 1. The van der Waals surface area contributed by atoms with Gasteiger partial charge in [0, 0.05) is 13.1 Å². The van der Waals surface area contributed by atoms with Crippen molar-refractivity contribution in [3.8, 4) is 0 Å². The predicted octanol–water partition coefficient (Wildman–Crippen LogP) is -1.22. The molecular formula is C6H12N2O5S. The van der Waals surface area contributed by atoms with E-state index in [2.05, 4.69) is 9.92 Å². The molecule has 1 rings (SSSR count). The van der Waals surface area contributed by atoms with Crippen molar-refractivity contribution in [1.29, 1.82) is 0 Å². The van der Waals surface area contributed by atoms with Gasteiger partial charge >= 0.3 is 16.4 Å². The maximum atomic E-state index is 11.2. The third kappa shape index (κ3) is 2.56. The molecule has 0 radical (unpaired) electrons. The van der Waals surface area contributed by atoms with Crippen LogP contribution in [0.1, 0.15) is 13.3 Å². The molecular weight excluding hydrogens is 212 g/mol. The lowest BCUT2D eigenvalue weighted by Gasteiger charge is -2.17. The van der Waals surface area contributed by atoms with Gasteiger partial charge in [-0.25, -0.2) is 4.79 Å². The van der Waals surface area contributed by atoms with Crippen LogP contribution >= 0.6 is 0 Å². The molecule has 0 aromatic carbocycles. The van der Waals surface area contributed by atoms with E-state index in [4.69, 9.17) is 0 Å². The highest BCUT2D eigenvalue weighted by Gasteiger charge is 2.39. The Morgan fingerprint density at radius 3 is 2.57 bits per heavy atom. The topological polar surface area (TPSA) is 110 Å². The maximum absolute atomic E-state index is 11.2. The van der Waals surface area contributed by atoms with Gasteiger partial charge in [0.15, 0.2) is 0 Å². The zero-order valence-electron chi connectivity index (χ0n) is 7.63. The third-order valence-corrected chi connectivity index (χ3v) is 3.24. The highest BCUT2D eigenvalue weighted by Crippen LogP contribution is 2.23. The molecule has 0 aromatic heterocycles. The molecule has 82 valence electrons. The van der Waals surface area contributed by atoms with Crippen LogP contribution in [-0.4, -0.2) is 42.6 Å². The van der Waals surface area contributed by atoms with Crippen molar-refractivity contribution in [2.45, 2.75) is 18.9 Å². The zero-order chi connectivity index (χ0) is 11.0. The second-order valence-electron chi connectivity index (χ2n) is 3.44. The number of hydrogen-bond donors (Lipinski definition) is 2. The van der Waals surface area contributed by atoms with Gasteiger partial charge in [0.25, 0.3) is 0 Å². The molecule has 1 amide bonds. The minimum atomic E-state index is -4.13. The molecule has 0 aromatic rings. The summed E-state index contributed by atoms with van der Waals surface area (Å²) in [5.74, 6) is 0. The van der Waals surface area contributed by atoms with Crippen molar-refractivity contribution in [3.63, 3.8) is 0 Å². The van der Waals surface area contributed by atoms with Gasteiger partial charge in [-0.05, 0) is 13.3 Å². The molecule has 1 unspecified atom stereocenters. The smallest absolute Gasteiger partial charge is 0.389 e. The van der Waals surface area contributed by atoms with E-state index in [9.17, 15) is 18.3 Å². The lowest BCUT2D eigenvalue weighted by Crippen LogP contribution is -2.36. The van der Waals surface area contributed by atoms with Gasteiger partial charge in [-0.15, -0.1) is 0 Å². The van der Waals surface area contributed by atoms with E-state index < -0.39 is 22.0 Å². The number of hydrogen-bond acceptors (Lipinski definition) is 5. The number of primary amides is 1. The number of β-amino-alcohol motifs (C(OH)–C–C–N with tert-alkyl or cyclic N) is 1. The lowest BCUT2D eigenvalue weighted by molar-refractivity contribution is 0.0753. The quantitative estimate of drug-likeness (QED) is 0.611. The van der Waals surface area contributed by atoms with Gasteiger partial charge in [0.05, 0.1) is 5.60 Å². The van der Waals surface area contributed by atoms with Gasteiger partial charge in [-0.2, -0.15) is 12.7 Å². The number of rotatable bonds is 2. The molecule has 1 atom stereocenters. The van der Waals surface area contributed by atoms with Crippen molar-refractivity contribution >= 4 is 16.4 Å². The third-order valence-electron chi connectivity index (χ3n) is 1.92. The average molecular weight is 224 g/mol. The summed E-state index contributed by atoms with van der Waals surface area (Å²) in [6.45, 7) is 1.53. The van der Waals surface area contributed by atoms with Crippen LogP contribution in [0.25, 0.3) is 0 Å². The van der Waals surface area contributed by atoms with Crippen LogP contribution in [0.3, 0.4) is 0 Å². The number of carbonyl (C=O) groups is 1. The largest absolute Gasteiger partial charge is 0.421 e. The normalized spacial score (nSPS) is 29.0. The Morgan fingerprint density at radius 2 is 2.21 bits per heavy atom. The monoisotopic (exact) mass is 224 g/mol. The molecule has 0 saturated carbocycles. The fourth-order valence-corrected chi connectivity index (χ4v) is 2.32. The molecule has 0 bridgehead atoms. The van der Waals surface area contributed by atoms with E-state index >= 15 is 0 Å². The minimum absolute atomic E-state index is 0.0946. The molecule has 1 fully saturated rings. The summed E-state index contributed by atoms with van der Waals surface area (Å²) in [4.78, 5) is 10.3. The fourth-order valence-electron chi connectivity index (χ4n) is 1.25. The van der Waals surface area contributed by atoms with Crippen LogP contribution in [0.4, 0.5) is 4.79 Å². The summed E-state index contributed by atoms with van der Waals surface area (Å²) >= 11 is 0. The Kier molecular flexibility index (Phi) is 2.70. The Labute approximate surface area is 81.7 Å². The Balaban J connectivity index is 2.72. The summed E-state index contributed by atoms with van der Waals surface area (Å²) in [6, 6.07) is 0. The summed E-state index contributed by atoms with van der Waals surface area (Å²) in [6.07, 6.45) is -1.08. The van der Waals surface area contributed by atoms with Gasteiger partial charge in [-0.1, -0.05) is 0 Å². The summed E-state index contributed by atoms with van der Waals surface area (Å²) in [5.41, 5.74) is 3.51. The van der Waals surface area contributed by atoms with Crippen LogP contribution in [0, 0.1) is 0 Å². The van der Waals surface area contributed by atoms with Crippen molar-refractivity contribution in [2.24, 2.45) is 5.73 Å². The molecule has 1 aliphatic heterocycles. The zero-order valence-corrected chi connectivity index (χ0v) is 8.45. The molecule has 7 nitrogen and oxygen atoms in total. The second-order valence-corrected chi connectivity index (χ2v) is 4.98. The molecule has 8 heteroatoms. The van der Waals surface area contributed by atoms with Gasteiger partial charge in [0.1, 0.15) is 0 Å². The first-order valence-electron chi connectivity index (χ1n) is 3.94. The van der Waals surface area contributed by atoms with Gasteiger partial charge in [-0.3, -0.25) is 0 Å².